The van der Waals surface area contributed by atoms with E-state index < -0.39 is 0 Å². The Morgan fingerprint density at radius 2 is 2.16 bits per heavy atom. The average molecular weight is 280 g/mol. The van der Waals surface area contributed by atoms with E-state index in [2.05, 4.69) is 25.7 Å². The van der Waals surface area contributed by atoms with Gasteiger partial charge in [-0.3, -0.25) is 0 Å². The van der Waals surface area contributed by atoms with Crippen LogP contribution >= 0.6 is 11.3 Å². The predicted molar refractivity (Wildman–Crippen MR) is 79.8 cm³/mol. The zero-order chi connectivity index (χ0) is 13.6. The standard InChI is InChI=1S/C15H24N2OS/c1-10-6-4-5-7-17(10)14-16-11-8-15(2,3)9-12(18)13(11)19-14/h10,12,18H,4-9H2,1-3H3. The Kier molecular flexibility index (Phi) is 3.34. The van der Waals surface area contributed by atoms with Gasteiger partial charge in [0.15, 0.2) is 5.13 Å². The summed E-state index contributed by atoms with van der Waals surface area (Å²) in [5, 5.41) is 11.5. The smallest absolute Gasteiger partial charge is 0.186 e. The van der Waals surface area contributed by atoms with Gasteiger partial charge in [0.25, 0.3) is 0 Å². The van der Waals surface area contributed by atoms with Crippen molar-refractivity contribution in [2.24, 2.45) is 5.41 Å². The van der Waals surface area contributed by atoms with E-state index >= 15 is 0 Å². The van der Waals surface area contributed by atoms with Crippen molar-refractivity contribution >= 4 is 16.5 Å². The summed E-state index contributed by atoms with van der Waals surface area (Å²) >= 11 is 1.72. The molecule has 0 bridgehead atoms. The number of hydrogen-bond acceptors (Lipinski definition) is 4. The van der Waals surface area contributed by atoms with E-state index in [9.17, 15) is 5.11 Å². The molecule has 106 valence electrons. The number of anilines is 1. The maximum absolute atomic E-state index is 10.3. The molecule has 0 amide bonds. The largest absolute Gasteiger partial charge is 0.387 e. The molecule has 3 nitrogen and oxygen atoms in total. The van der Waals surface area contributed by atoms with E-state index in [1.54, 1.807) is 11.3 Å². The molecule has 0 spiro atoms. The fraction of sp³-hybridized carbons (Fsp3) is 0.800. The lowest BCUT2D eigenvalue weighted by molar-refractivity contribution is 0.102. The number of rotatable bonds is 1. The van der Waals surface area contributed by atoms with Gasteiger partial charge in [-0.1, -0.05) is 25.2 Å². The molecule has 2 atom stereocenters. The highest BCUT2D eigenvalue weighted by Crippen LogP contribution is 2.45. The molecule has 1 aromatic heterocycles. The number of thiazole rings is 1. The Morgan fingerprint density at radius 1 is 1.37 bits per heavy atom. The molecule has 1 aliphatic heterocycles. The quantitative estimate of drug-likeness (QED) is 0.855. The Labute approximate surface area is 119 Å². The first-order chi connectivity index (χ1) is 8.96. The molecule has 2 aliphatic rings. The number of aliphatic hydroxyl groups is 1. The van der Waals surface area contributed by atoms with Crippen LogP contribution in [0, 0.1) is 5.41 Å². The van der Waals surface area contributed by atoms with Crippen LogP contribution in [-0.2, 0) is 6.42 Å². The molecule has 19 heavy (non-hydrogen) atoms. The van der Waals surface area contributed by atoms with Crippen LogP contribution in [0.25, 0.3) is 0 Å². The molecule has 2 unspecified atom stereocenters. The molecule has 0 saturated carbocycles. The Hall–Kier alpha value is -0.610. The Morgan fingerprint density at radius 3 is 2.89 bits per heavy atom. The third-order valence-electron chi connectivity index (χ3n) is 4.46. The van der Waals surface area contributed by atoms with Crippen LogP contribution in [0.5, 0.6) is 0 Å². The number of aliphatic hydroxyl groups excluding tert-OH is 1. The summed E-state index contributed by atoms with van der Waals surface area (Å²) in [5.74, 6) is 0. The highest BCUT2D eigenvalue weighted by molar-refractivity contribution is 7.15. The third kappa shape index (κ3) is 2.52. The SMILES string of the molecule is CC1CCCCN1c1nc2c(s1)C(O)CC(C)(C)C2. The van der Waals surface area contributed by atoms with Gasteiger partial charge in [-0.05, 0) is 44.4 Å². The average Bonchev–Trinajstić information content (AvgIpc) is 2.71. The van der Waals surface area contributed by atoms with Crippen molar-refractivity contribution in [2.75, 3.05) is 11.4 Å². The van der Waals surface area contributed by atoms with Crippen LogP contribution in [0.15, 0.2) is 0 Å². The molecule has 1 N–H and O–H groups in total. The summed E-state index contributed by atoms with van der Waals surface area (Å²) in [5.41, 5.74) is 1.31. The molecule has 2 heterocycles. The minimum atomic E-state index is -0.315. The molecule has 0 radical (unpaired) electrons. The second-order valence-electron chi connectivity index (χ2n) is 6.91. The molecule has 3 rings (SSSR count). The van der Waals surface area contributed by atoms with Gasteiger partial charge in [0.05, 0.1) is 16.7 Å². The van der Waals surface area contributed by atoms with Gasteiger partial charge in [-0.15, -0.1) is 0 Å². The second-order valence-corrected chi connectivity index (χ2v) is 7.92. The van der Waals surface area contributed by atoms with E-state index in [4.69, 9.17) is 4.98 Å². The van der Waals surface area contributed by atoms with Gasteiger partial charge in [-0.25, -0.2) is 4.98 Å². The second kappa shape index (κ2) is 4.74. The van der Waals surface area contributed by atoms with E-state index in [0.29, 0.717) is 6.04 Å². The molecule has 1 fully saturated rings. The van der Waals surface area contributed by atoms with Gasteiger partial charge >= 0.3 is 0 Å². The first-order valence-electron chi connectivity index (χ1n) is 7.40. The molecule has 0 aromatic carbocycles. The summed E-state index contributed by atoms with van der Waals surface area (Å²) in [6.07, 6.45) is 5.40. The lowest BCUT2D eigenvalue weighted by Crippen LogP contribution is -2.37. The summed E-state index contributed by atoms with van der Waals surface area (Å²) in [6, 6.07) is 0.589. The third-order valence-corrected chi connectivity index (χ3v) is 5.70. The lowest BCUT2D eigenvalue weighted by Gasteiger charge is -2.33. The van der Waals surface area contributed by atoms with Crippen molar-refractivity contribution in [2.45, 2.75) is 65.0 Å². The number of aromatic nitrogens is 1. The Bertz CT molecular complexity index is 469. The fourth-order valence-electron chi connectivity index (χ4n) is 3.38. The highest BCUT2D eigenvalue weighted by Gasteiger charge is 2.35. The van der Waals surface area contributed by atoms with Crippen LogP contribution in [-0.4, -0.2) is 22.7 Å². The predicted octanol–water partition coefficient (Wildman–Crippen LogP) is 3.53. The minimum Gasteiger partial charge on any atom is -0.387 e. The number of nitrogens with zero attached hydrogens (tertiary/aromatic N) is 2. The van der Waals surface area contributed by atoms with Crippen molar-refractivity contribution in [3.8, 4) is 0 Å². The summed E-state index contributed by atoms with van der Waals surface area (Å²) in [4.78, 5) is 8.41. The van der Waals surface area contributed by atoms with Crippen LogP contribution < -0.4 is 4.90 Å². The van der Waals surface area contributed by atoms with Crippen molar-refractivity contribution in [1.82, 2.24) is 4.98 Å². The zero-order valence-electron chi connectivity index (χ0n) is 12.1. The summed E-state index contributed by atoms with van der Waals surface area (Å²) < 4.78 is 0. The van der Waals surface area contributed by atoms with Crippen LogP contribution in [0.1, 0.15) is 63.1 Å². The molecule has 4 heteroatoms. The molecular formula is C15H24N2OS. The number of piperidine rings is 1. The molecule has 1 aromatic rings. The minimum absolute atomic E-state index is 0.172. The number of hydrogen-bond donors (Lipinski definition) is 1. The van der Waals surface area contributed by atoms with Crippen LogP contribution in [0.2, 0.25) is 0 Å². The highest BCUT2D eigenvalue weighted by atomic mass is 32.1. The van der Waals surface area contributed by atoms with E-state index in [1.807, 2.05) is 0 Å². The van der Waals surface area contributed by atoms with Crippen LogP contribution in [0.3, 0.4) is 0 Å². The van der Waals surface area contributed by atoms with Crippen LogP contribution in [0.4, 0.5) is 5.13 Å². The maximum Gasteiger partial charge on any atom is 0.186 e. The van der Waals surface area contributed by atoms with Crippen molar-refractivity contribution in [3.63, 3.8) is 0 Å². The summed E-state index contributed by atoms with van der Waals surface area (Å²) in [7, 11) is 0. The first kappa shape index (κ1) is 13.4. The normalized spacial score (nSPS) is 30.2. The van der Waals surface area contributed by atoms with Crippen molar-refractivity contribution in [3.05, 3.63) is 10.6 Å². The van der Waals surface area contributed by atoms with Gasteiger partial charge in [0.2, 0.25) is 0 Å². The number of fused-ring (bicyclic) bond motifs is 1. The summed E-state index contributed by atoms with van der Waals surface area (Å²) in [6.45, 7) is 7.86. The lowest BCUT2D eigenvalue weighted by atomic mass is 9.77. The van der Waals surface area contributed by atoms with Crippen molar-refractivity contribution in [1.29, 1.82) is 0 Å². The molecule has 1 aliphatic carbocycles. The van der Waals surface area contributed by atoms with E-state index in [-0.39, 0.29) is 11.5 Å². The Balaban J connectivity index is 1.90. The van der Waals surface area contributed by atoms with Gasteiger partial charge in [0.1, 0.15) is 0 Å². The van der Waals surface area contributed by atoms with E-state index in [1.165, 1.54) is 19.3 Å². The topological polar surface area (TPSA) is 36.4 Å². The van der Waals surface area contributed by atoms with E-state index in [0.717, 1.165) is 35.1 Å². The fourth-order valence-corrected chi connectivity index (χ4v) is 4.58. The molecule has 1 saturated heterocycles. The van der Waals surface area contributed by atoms with Gasteiger partial charge < -0.3 is 10.0 Å². The molecular weight excluding hydrogens is 256 g/mol. The van der Waals surface area contributed by atoms with Gasteiger partial charge in [-0.2, -0.15) is 0 Å². The first-order valence-corrected chi connectivity index (χ1v) is 8.22. The maximum atomic E-state index is 10.3. The van der Waals surface area contributed by atoms with Gasteiger partial charge in [0, 0.05) is 12.6 Å². The zero-order valence-corrected chi connectivity index (χ0v) is 13.0. The van der Waals surface area contributed by atoms with Crippen molar-refractivity contribution < 1.29 is 5.11 Å². The monoisotopic (exact) mass is 280 g/mol.